The third-order valence-electron chi connectivity index (χ3n) is 28.7. The molecule has 670 valence electrons. The van der Waals surface area contributed by atoms with E-state index in [4.69, 9.17) is 39.3 Å². The smallest absolute Gasteiger partial charge is 0.238 e. The predicted molar refractivity (Wildman–Crippen MR) is 599 cm³/mol. The third kappa shape index (κ3) is 13.3. The molecule has 0 saturated carbocycles. The number of rotatable bonds is 10. The van der Waals surface area contributed by atoms with Gasteiger partial charge in [-0.2, -0.15) is 9.97 Å². The molecule has 0 amide bonds. The quantitative estimate of drug-likeness (QED) is 0.133. The highest BCUT2D eigenvalue weighted by Gasteiger charge is 2.30. The molecule has 0 atom stereocenters. The number of thiophene rings is 1. The maximum Gasteiger partial charge on any atom is 0.238 e. The molecule has 13 heteroatoms. The van der Waals surface area contributed by atoms with Crippen molar-refractivity contribution in [2.45, 2.75) is 0 Å². The molecule has 22 aromatic carbocycles. The van der Waals surface area contributed by atoms with Gasteiger partial charge < -0.3 is 8.98 Å². The van der Waals surface area contributed by atoms with Gasteiger partial charge >= 0.3 is 0 Å². The second-order valence-corrected chi connectivity index (χ2v) is 38.0. The van der Waals surface area contributed by atoms with Gasteiger partial charge in [0.25, 0.3) is 0 Å². The highest BCUT2D eigenvalue weighted by molar-refractivity contribution is 7.26. The summed E-state index contributed by atoms with van der Waals surface area (Å²) in [6.45, 7) is 0. The first kappa shape index (κ1) is 81.9. The van der Waals surface area contributed by atoms with Crippen LogP contribution in [0.5, 0.6) is 0 Å². The molecule has 9 aromatic heterocycles. The van der Waals surface area contributed by atoms with E-state index < -0.39 is 0 Å². The average Bonchev–Trinajstić information content (AvgIpc) is 1.54. The molecule has 12 nitrogen and oxygen atoms in total. The normalized spacial score (nSPS) is 11.9. The molecule has 0 spiro atoms. The Morgan fingerprint density at radius 1 is 0.188 bits per heavy atom. The first-order valence-corrected chi connectivity index (χ1v) is 49.4. The monoisotopic (exact) mass is 1850 g/mol. The zero-order valence-corrected chi connectivity index (χ0v) is 78.2. The van der Waals surface area contributed by atoms with Crippen molar-refractivity contribution in [1.29, 1.82) is 0 Å². The minimum Gasteiger partial charge on any atom is -0.455 e. The Balaban J connectivity index is 0.000000103. The first-order valence-electron chi connectivity index (χ1n) is 48.6. The molecular weight excluding hydrogens is 1780 g/mol. The molecule has 0 radical (unpaired) electrons. The minimum atomic E-state index is 0.574. The Bertz CT molecular complexity index is 10500. The van der Waals surface area contributed by atoms with E-state index in [2.05, 4.69) is 425 Å². The van der Waals surface area contributed by atoms with E-state index in [1.165, 1.54) is 95.6 Å². The number of aromatic nitrogens is 11. The van der Waals surface area contributed by atoms with Crippen molar-refractivity contribution in [2.24, 2.45) is 0 Å². The lowest BCUT2D eigenvalue weighted by Crippen LogP contribution is -2.07. The zero-order chi connectivity index (χ0) is 94.6. The van der Waals surface area contributed by atoms with E-state index in [9.17, 15) is 0 Å². The summed E-state index contributed by atoms with van der Waals surface area (Å²) in [6.07, 6.45) is 0. The SMILES string of the molecule is c1ccc(-c2cc(-c3ccccc3)nc(-n3c4ccc5ccccc5c4c4ccc5sc6ccc7ccccc7c6c5c43)n2)cc1.c1ccc(-c2cc(-n3c4cc5ccccc5cc4c4ccc5oc6c7ccccc7ccc6c5c43)nc(-c3ccccc3)n2)cc1.c1ccc(-c2nc(-c3ccccc3)nc(-n3c4cc5ccccc5cc4c4ccc5c6c7ccccc7ccc6n(-c6ccccc6)c5c43)n2)cc1. The molecule has 144 heavy (non-hydrogen) atoms. The van der Waals surface area contributed by atoms with E-state index in [-0.39, 0.29) is 0 Å². The van der Waals surface area contributed by atoms with Gasteiger partial charge in [0, 0.05) is 119 Å². The Morgan fingerprint density at radius 3 is 1.08 bits per heavy atom. The summed E-state index contributed by atoms with van der Waals surface area (Å²) >= 11 is 1.85. The Morgan fingerprint density at radius 2 is 0.542 bits per heavy atom. The molecule has 0 bridgehead atoms. The second-order valence-electron chi connectivity index (χ2n) is 36.9. The van der Waals surface area contributed by atoms with Gasteiger partial charge in [0.2, 0.25) is 11.9 Å². The van der Waals surface area contributed by atoms with Gasteiger partial charge in [0.1, 0.15) is 17.0 Å². The summed E-state index contributed by atoms with van der Waals surface area (Å²) in [5.41, 5.74) is 20.3. The van der Waals surface area contributed by atoms with Crippen molar-refractivity contribution in [1.82, 2.24) is 53.2 Å². The summed E-state index contributed by atoms with van der Waals surface area (Å²) < 4.78 is 18.6. The maximum atomic E-state index is 6.68. The van der Waals surface area contributed by atoms with Crippen LogP contribution in [0, 0.1) is 0 Å². The Labute approximate surface area is 827 Å². The number of hydrogen-bond acceptors (Lipinski definition) is 9. The van der Waals surface area contributed by atoms with Gasteiger partial charge in [-0.15, -0.1) is 11.3 Å². The number of benzene rings is 22. The highest BCUT2D eigenvalue weighted by Crippen LogP contribution is 2.51. The van der Waals surface area contributed by atoms with E-state index in [0.29, 0.717) is 29.4 Å². The maximum absolute atomic E-state index is 6.68. The summed E-state index contributed by atoms with van der Waals surface area (Å²) in [7, 11) is 0. The van der Waals surface area contributed by atoms with Crippen LogP contribution in [-0.4, -0.2) is 53.2 Å². The summed E-state index contributed by atoms with van der Waals surface area (Å²) in [5.74, 6) is 3.99. The summed E-state index contributed by atoms with van der Waals surface area (Å²) in [5, 5.41) is 28.6. The van der Waals surface area contributed by atoms with Crippen LogP contribution in [0.4, 0.5) is 0 Å². The number of fused-ring (bicyclic) bond motifs is 31. The fraction of sp³-hybridized carbons (Fsp3) is 0. The molecule has 31 rings (SSSR count). The topological polar surface area (TPSA) is 123 Å². The Hall–Kier alpha value is -19.2. The molecule has 0 saturated heterocycles. The largest absolute Gasteiger partial charge is 0.455 e. The van der Waals surface area contributed by atoms with Gasteiger partial charge in [0.15, 0.2) is 17.5 Å². The molecule has 0 aliphatic carbocycles. The summed E-state index contributed by atoms with van der Waals surface area (Å²) in [4.78, 5) is 36.7. The number of hydrogen-bond donors (Lipinski definition) is 0. The molecule has 0 fully saturated rings. The van der Waals surface area contributed by atoms with Crippen LogP contribution in [0.25, 0.3) is 285 Å². The van der Waals surface area contributed by atoms with E-state index in [1.54, 1.807) is 0 Å². The van der Waals surface area contributed by atoms with Crippen LogP contribution in [0.2, 0.25) is 0 Å². The molecule has 31 aromatic rings. The standard InChI is InChI=1S/C47H29N5.C42H25N3O.C42H25N3S/c1-4-15-31(16-5-1)45-48-46(32-17-6-2-7-18-32)50-47(49-45)52-41-29-34-20-11-10-19-33(34)28-39(41)37-25-26-38-42-36-23-13-12-14-30(36)24-27-40(42)51(44(38)43(37)52)35-21-8-3-9-22-35;1-3-12-27(13-4-1)35-25-38(44-42(43-35)28-14-5-2-6-15-28)45-36-24-30-17-8-7-16-29(30)23-34(36)32-21-22-37-39(40(32)45)33-20-19-26-11-9-10-18-31(26)41(33)46-37;1-3-13-28(14-4-1)33-25-34(29-15-5-2-6-16-29)44-42(43-33)45-35-22-19-26-11-7-9-17-30(26)38(35)32-21-24-37-40(41(32)45)39-31-18-10-8-12-27(31)20-23-36(39)46-37/h1-29H;2*1-25H. The van der Waals surface area contributed by atoms with Crippen LogP contribution in [-0.2, 0) is 0 Å². The molecule has 0 unspecified atom stereocenters. The van der Waals surface area contributed by atoms with Crippen molar-refractivity contribution in [3.05, 3.63) is 479 Å². The van der Waals surface area contributed by atoms with Crippen LogP contribution >= 0.6 is 11.3 Å². The zero-order valence-electron chi connectivity index (χ0n) is 77.3. The van der Waals surface area contributed by atoms with Crippen molar-refractivity contribution < 1.29 is 4.42 Å². The predicted octanol–water partition coefficient (Wildman–Crippen LogP) is 34.4. The molecule has 9 heterocycles. The van der Waals surface area contributed by atoms with Gasteiger partial charge in [-0.25, -0.2) is 24.9 Å². The van der Waals surface area contributed by atoms with E-state index in [0.717, 1.165) is 160 Å². The summed E-state index contributed by atoms with van der Waals surface area (Å²) in [6, 6.07) is 169. The molecule has 0 aliphatic heterocycles. The number of furan rings is 1. The van der Waals surface area contributed by atoms with Crippen LogP contribution in [0.15, 0.2) is 484 Å². The molecule has 0 N–H and O–H groups in total. The lowest BCUT2D eigenvalue weighted by atomic mass is 10.0. The van der Waals surface area contributed by atoms with Gasteiger partial charge in [0.05, 0.1) is 66.6 Å². The third-order valence-corrected chi connectivity index (χ3v) is 29.8. The highest BCUT2D eigenvalue weighted by atomic mass is 32.1. The van der Waals surface area contributed by atoms with Crippen molar-refractivity contribution >= 4 is 205 Å². The van der Waals surface area contributed by atoms with Crippen molar-refractivity contribution in [2.75, 3.05) is 0 Å². The Kier molecular flexibility index (Phi) is 18.9. The fourth-order valence-electron chi connectivity index (χ4n) is 22.2. The lowest BCUT2D eigenvalue weighted by Gasteiger charge is -2.13. The second kappa shape index (κ2) is 33.3. The average molecular weight is 1860 g/mol. The number of nitrogens with zero attached hydrogens (tertiary/aromatic N) is 11. The molecular formula is C131H79N11OS. The first-order chi connectivity index (χ1) is 71.4. The van der Waals surface area contributed by atoms with Crippen LogP contribution < -0.4 is 0 Å². The van der Waals surface area contributed by atoms with Crippen LogP contribution in [0.1, 0.15) is 0 Å². The van der Waals surface area contributed by atoms with Crippen molar-refractivity contribution in [3.63, 3.8) is 0 Å². The van der Waals surface area contributed by atoms with Gasteiger partial charge in [-0.05, 0) is 144 Å². The number of para-hydroxylation sites is 1. The van der Waals surface area contributed by atoms with Crippen molar-refractivity contribution in [3.8, 4) is 91.3 Å². The fourth-order valence-corrected chi connectivity index (χ4v) is 23.3. The minimum absolute atomic E-state index is 0.574. The van der Waals surface area contributed by atoms with E-state index >= 15 is 0 Å². The van der Waals surface area contributed by atoms with Gasteiger partial charge in [-0.1, -0.05) is 388 Å². The lowest BCUT2D eigenvalue weighted by molar-refractivity contribution is 0.673. The van der Waals surface area contributed by atoms with E-state index in [1.807, 2.05) is 84.1 Å². The molecule has 0 aliphatic rings. The van der Waals surface area contributed by atoms with Crippen LogP contribution in [0.3, 0.4) is 0 Å². The van der Waals surface area contributed by atoms with Gasteiger partial charge in [-0.3, -0.25) is 13.7 Å².